The van der Waals surface area contributed by atoms with Crippen molar-refractivity contribution in [2.45, 2.75) is 34.2 Å². The summed E-state index contributed by atoms with van der Waals surface area (Å²) in [6.45, 7) is 8.97. The Morgan fingerprint density at radius 2 is 1.85 bits per heavy atom. The van der Waals surface area contributed by atoms with Gasteiger partial charge in [-0.1, -0.05) is 0 Å². The minimum atomic E-state index is 0.712. The fraction of sp³-hybridized carbons (Fsp3) is 0.333. The Morgan fingerprint density at radius 1 is 1.15 bits per heavy atom. The van der Waals surface area contributed by atoms with E-state index in [4.69, 9.17) is 5.73 Å². The summed E-state index contributed by atoms with van der Waals surface area (Å²) in [5.41, 5.74) is 12.3. The molecule has 0 atom stereocenters. The molecule has 2 heterocycles. The highest BCUT2D eigenvalue weighted by Crippen LogP contribution is 2.26. The highest BCUT2D eigenvalue weighted by atomic mass is 15.4. The summed E-state index contributed by atoms with van der Waals surface area (Å²) < 4.78 is 3.95. The Labute approximate surface area is 118 Å². The molecule has 0 spiro atoms. The molecule has 104 valence electrons. The third-order valence-corrected chi connectivity index (χ3v) is 3.84. The number of aromatic nitrogens is 4. The number of nitrogens with zero attached hydrogens (tertiary/aromatic N) is 4. The van der Waals surface area contributed by atoms with Crippen LogP contribution in [0.25, 0.3) is 16.9 Å². The van der Waals surface area contributed by atoms with E-state index in [1.54, 1.807) is 0 Å². The Hall–Kier alpha value is -2.30. The SMILES string of the molecule is CCn1nc(C)c(N)c1-n1cnc2cc(C)c(C)cc21. The molecule has 3 aromatic rings. The van der Waals surface area contributed by atoms with Gasteiger partial charge in [-0.05, 0) is 51.0 Å². The van der Waals surface area contributed by atoms with Crippen molar-refractivity contribution in [2.24, 2.45) is 0 Å². The minimum absolute atomic E-state index is 0.712. The van der Waals surface area contributed by atoms with Crippen molar-refractivity contribution in [3.05, 3.63) is 35.3 Å². The third kappa shape index (κ3) is 1.70. The summed E-state index contributed by atoms with van der Waals surface area (Å²) in [5.74, 6) is 0.899. The van der Waals surface area contributed by atoms with E-state index in [1.807, 2.05) is 22.5 Å². The number of hydrogen-bond donors (Lipinski definition) is 1. The molecule has 3 rings (SSSR count). The molecule has 2 N–H and O–H groups in total. The van der Waals surface area contributed by atoms with Crippen LogP contribution >= 0.6 is 0 Å². The number of fused-ring (bicyclic) bond motifs is 1. The highest BCUT2D eigenvalue weighted by Gasteiger charge is 2.16. The van der Waals surface area contributed by atoms with E-state index in [-0.39, 0.29) is 0 Å². The summed E-state index contributed by atoms with van der Waals surface area (Å²) >= 11 is 0. The lowest BCUT2D eigenvalue weighted by Crippen LogP contribution is -2.07. The Kier molecular flexibility index (Phi) is 2.78. The molecule has 0 radical (unpaired) electrons. The van der Waals surface area contributed by atoms with Crippen molar-refractivity contribution in [1.29, 1.82) is 0 Å². The first-order valence-corrected chi connectivity index (χ1v) is 6.80. The van der Waals surface area contributed by atoms with E-state index >= 15 is 0 Å². The Bertz CT molecular complexity index is 794. The molecule has 0 bridgehead atoms. The van der Waals surface area contributed by atoms with Crippen LogP contribution in [0.15, 0.2) is 18.5 Å². The first kappa shape index (κ1) is 12.7. The van der Waals surface area contributed by atoms with E-state index in [1.165, 1.54) is 11.1 Å². The average molecular weight is 269 g/mol. The van der Waals surface area contributed by atoms with Gasteiger partial charge in [-0.15, -0.1) is 0 Å². The molecular formula is C15H19N5. The van der Waals surface area contributed by atoms with Gasteiger partial charge in [-0.3, -0.25) is 4.57 Å². The maximum atomic E-state index is 6.20. The second kappa shape index (κ2) is 4.37. The lowest BCUT2D eigenvalue weighted by atomic mass is 10.1. The number of aryl methyl sites for hydroxylation is 4. The molecule has 2 aromatic heterocycles. The zero-order valence-electron chi connectivity index (χ0n) is 12.3. The van der Waals surface area contributed by atoms with Crippen molar-refractivity contribution in [3.63, 3.8) is 0 Å². The molecule has 20 heavy (non-hydrogen) atoms. The second-order valence-electron chi connectivity index (χ2n) is 5.18. The quantitative estimate of drug-likeness (QED) is 0.778. The zero-order chi connectivity index (χ0) is 14.4. The second-order valence-corrected chi connectivity index (χ2v) is 5.18. The number of anilines is 1. The van der Waals surface area contributed by atoms with Gasteiger partial charge in [-0.2, -0.15) is 5.10 Å². The van der Waals surface area contributed by atoms with Crippen LogP contribution in [0.2, 0.25) is 0 Å². The van der Waals surface area contributed by atoms with Crippen molar-refractivity contribution in [2.75, 3.05) is 5.73 Å². The molecule has 0 aliphatic heterocycles. The van der Waals surface area contributed by atoms with Gasteiger partial charge >= 0.3 is 0 Å². The van der Waals surface area contributed by atoms with Gasteiger partial charge in [0.15, 0.2) is 5.82 Å². The van der Waals surface area contributed by atoms with E-state index in [2.05, 4.69) is 43.0 Å². The number of rotatable bonds is 2. The van der Waals surface area contributed by atoms with Crippen LogP contribution in [-0.4, -0.2) is 19.3 Å². The summed E-state index contributed by atoms with van der Waals surface area (Å²) in [6, 6.07) is 4.26. The summed E-state index contributed by atoms with van der Waals surface area (Å²) in [4.78, 5) is 4.49. The van der Waals surface area contributed by atoms with Crippen LogP contribution in [0, 0.1) is 20.8 Å². The molecule has 0 saturated heterocycles. The lowest BCUT2D eigenvalue weighted by Gasteiger charge is -2.09. The monoisotopic (exact) mass is 269 g/mol. The van der Waals surface area contributed by atoms with E-state index < -0.39 is 0 Å². The van der Waals surface area contributed by atoms with Crippen LogP contribution in [0.3, 0.4) is 0 Å². The Balaban J connectivity index is 2.33. The van der Waals surface area contributed by atoms with Gasteiger partial charge in [0.2, 0.25) is 0 Å². The predicted molar refractivity (Wildman–Crippen MR) is 81.2 cm³/mol. The van der Waals surface area contributed by atoms with E-state index in [0.29, 0.717) is 5.69 Å². The van der Waals surface area contributed by atoms with Crippen LogP contribution in [0.1, 0.15) is 23.7 Å². The topological polar surface area (TPSA) is 61.7 Å². The molecule has 1 aromatic carbocycles. The van der Waals surface area contributed by atoms with Gasteiger partial charge in [-0.25, -0.2) is 9.67 Å². The summed E-state index contributed by atoms with van der Waals surface area (Å²) in [6.07, 6.45) is 1.82. The summed E-state index contributed by atoms with van der Waals surface area (Å²) in [7, 11) is 0. The number of hydrogen-bond acceptors (Lipinski definition) is 3. The largest absolute Gasteiger partial charge is 0.394 e. The van der Waals surface area contributed by atoms with Crippen molar-refractivity contribution in [1.82, 2.24) is 19.3 Å². The summed E-state index contributed by atoms with van der Waals surface area (Å²) in [5, 5.41) is 4.47. The highest BCUT2D eigenvalue weighted by molar-refractivity contribution is 5.80. The molecule has 0 unspecified atom stereocenters. The lowest BCUT2D eigenvalue weighted by molar-refractivity contribution is 0.635. The number of nitrogens with two attached hydrogens (primary N) is 1. The number of nitrogen functional groups attached to an aromatic ring is 1. The predicted octanol–water partition coefficient (Wildman–Crippen LogP) is 2.75. The molecule has 0 saturated carbocycles. The maximum absolute atomic E-state index is 6.20. The standard InChI is InChI=1S/C15H19N5/c1-5-20-15(14(16)11(4)18-20)19-8-17-12-6-9(2)10(3)7-13(12)19/h6-8H,5,16H2,1-4H3. The molecule has 0 aliphatic rings. The fourth-order valence-electron chi connectivity index (χ4n) is 2.49. The van der Waals surface area contributed by atoms with Crippen LogP contribution in [0.5, 0.6) is 0 Å². The molecule has 5 heteroatoms. The van der Waals surface area contributed by atoms with Gasteiger partial charge < -0.3 is 5.73 Å². The van der Waals surface area contributed by atoms with Gasteiger partial charge in [0.05, 0.1) is 22.4 Å². The van der Waals surface area contributed by atoms with Gasteiger partial charge in [0.25, 0.3) is 0 Å². The molecular weight excluding hydrogens is 250 g/mol. The molecule has 5 nitrogen and oxygen atoms in total. The third-order valence-electron chi connectivity index (χ3n) is 3.84. The van der Waals surface area contributed by atoms with E-state index in [9.17, 15) is 0 Å². The van der Waals surface area contributed by atoms with Crippen LogP contribution < -0.4 is 5.73 Å². The van der Waals surface area contributed by atoms with Crippen molar-refractivity contribution < 1.29 is 0 Å². The van der Waals surface area contributed by atoms with E-state index in [0.717, 1.165) is 29.1 Å². The minimum Gasteiger partial charge on any atom is -0.394 e. The van der Waals surface area contributed by atoms with Gasteiger partial charge in [0, 0.05) is 6.54 Å². The van der Waals surface area contributed by atoms with Crippen LogP contribution in [-0.2, 0) is 6.54 Å². The smallest absolute Gasteiger partial charge is 0.160 e. The first-order valence-electron chi connectivity index (χ1n) is 6.80. The first-order chi connectivity index (χ1) is 9.52. The van der Waals surface area contributed by atoms with Crippen LogP contribution in [0.4, 0.5) is 5.69 Å². The molecule has 0 aliphatic carbocycles. The number of imidazole rings is 1. The normalized spacial score (nSPS) is 11.4. The zero-order valence-corrected chi connectivity index (χ0v) is 12.3. The van der Waals surface area contributed by atoms with Crippen molar-refractivity contribution >= 4 is 16.7 Å². The maximum Gasteiger partial charge on any atom is 0.160 e. The Morgan fingerprint density at radius 3 is 2.55 bits per heavy atom. The molecule has 0 amide bonds. The average Bonchev–Trinajstić information content (AvgIpc) is 2.92. The van der Waals surface area contributed by atoms with Gasteiger partial charge in [0.1, 0.15) is 6.33 Å². The fourth-order valence-corrected chi connectivity index (χ4v) is 2.49. The number of benzene rings is 1. The van der Waals surface area contributed by atoms with Crippen molar-refractivity contribution in [3.8, 4) is 5.82 Å². The molecule has 0 fully saturated rings.